The van der Waals surface area contributed by atoms with Gasteiger partial charge >= 0.3 is 0 Å². The smallest absolute Gasteiger partial charge is 0.151 e. The second-order valence-corrected chi connectivity index (χ2v) is 1.95. The molecule has 0 unspecified atom stereocenters. The van der Waals surface area contributed by atoms with Gasteiger partial charge in [0, 0.05) is 0 Å². The van der Waals surface area contributed by atoms with Crippen LogP contribution in [0.15, 0.2) is 12.2 Å². The molecule has 0 N–H and O–H groups in total. The van der Waals surface area contributed by atoms with E-state index in [0.717, 1.165) is 12.8 Å². The minimum absolute atomic E-state index is 0.563. The summed E-state index contributed by atoms with van der Waals surface area (Å²) in [6.07, 6.45) is 5.51. The Bertz CT molecular complexity index is 166. The highest BCUT2D eigenvalue weighted by atomic mass is 14.3. The van der Waals surface area contributed by atoms with E-state index < -0.39 is 5.92 Å². The van der Waals surface area contributed by atoms with Gasteiger partial charge in [0.05, 0.1) is 12.1 Å². The molecule has 0 atom stereocenters. The van der Waals surface area contributed by atoms with E-state index in [1.165, 1.54) is 0 Å². The minimum atomic E-state index is -0.563. The van der Waals surface area contributed by atoms with Crippen LogP contribution in [-0.2, 0) is 0 Å². The molecule has 0 radical (unpaired) electrons. The summed E-state index contributed by atoms with van der Waals surface area (Å²) in [6, 6.07) is 3.73. The van der Waals surface area contributed by atoms with Gasteiger partial charge < -0.3 is 0 Å². The molecule has 0 spiro atoms. The fraction of sp³-hybridized carbons (Fsp3) is 0.500. The second-order valence-electron chi connectivity index (χ2n) is 1.95. The molecule has 0 aromatic heterocycles. The number of rotatable bonds is 3. The average molecular weight is 134 g/mol. The van der Waals surface area contributed by atoms with Gasteiger partial charge in [-0.25, -0.2) is 0 Å². The summed E-state index contributed by atoms with van der Waals surface area (Å²) in [7, 11) is 0. The summed E-state index contributed by atoms with van der Waals surface area (Å²) < 4.78 is 0. The van der Waals surface area contributed by atoms with Crippen LogP contribution in [0.4, 0.5) is 0 Å². The van der Waals surface area contributed by atoms with Crippen LogP contribution in [0.25, 0.3) is 0 Å². The van der Waals surface area contributed by atoms with Crippen molar-refractivity contribution in [3.05, 3.63) is 12.2 Å². The molecule has 0 heterocycles. The van der Waals surface area contributed by atoms with E-state index in [2.05, 4.69) is 6.92 Å². The highest BCUT2D eigenvalue weighted by Gasteiger charge is 1.95. The largest absolute Gasteiger partial charge is 0.197 e. The number of hydrogen-bond donors (Lipinski definition) is 0. The van der Waals surface area contributed by atoms with E-state index in [0.29, 0.717) is 0 Å². The third kappa shape index (κ3) is 3.69. The fourth-order valence-electron chi connectivity index (χ4n) is 0.514. The van der Waals surface area contributed by atoms with Crippen LogP contribution in [0.3, 0.4) is 0 Å². The van der Waals surface area contributed by atoms with Crippen molar-refractivity contribution in [1.29, 1.82) is 10.5 Å². The number of nitriles is 2. The molecule has 0 rings (SSSR count). The Balaban J connectivity index is 3.67. The zero-order chi connectivity index (χ0) is 7.82. The van der Waals surface area contributed by atoms with Crippen molar-refractivity contribution in [3.63, 3.8) is 0 Å². The Morgan fingerprint density at radius 1 is 1.40 bits per heavy atom. The Morgan fingerprint density at radius 3 is 2.40 bits per heavy atom. The van der Waals surface area contributed by atoms with Crippen molar-refractivity contribution in [2.24, 2.45) is 5.92 Å². The molecule has 0 saturated heterocycles. The molecule has 0 fully saturated rings. The zero-order valence-corrected chi connectivity index (χ0v) is 6.04. The summed E-state index contributed by atoms with van der Waals surface area (Å²) >= 11 is 0. The Morgan fingerprint density at radius 2 is 2.00 bits per heavy atom. The van der Waals surface area contributed by atoms with Gasteiger partial charge in [0.1, 0.15) is 0 Å². The maximum atomic E-state index is 8.30. The third-order valence-corrected chi connectivity index (χ3v) is 1.06. The number of allylic oxidation sites excluding steroid dienone is 2. The first-order chi connectivity index (χ1) is 4.85. The maximum absolute atomic E-state index is 8.30. The lowest BCUT2D eigenvalue weighted by atomic mass is 10.1. The first-order valence-electron chi connectivity index (χ1n) is 3.31. The molecule has 0 amide bonds. The second kappa shape index (κ2) is 5.85. The van der Waals surface area contributed by atoms with Crippen LogP contribution in [-0.4, -0.2) is 0 Å². The average Bonchev–Trinajstić information content (AvgIpc) is 1.99. The Labute approximate surface area is 61.4 Å². The van der Waals surface area contributed by atoms with Crippen LogP contribution < -0.4 is 0 Å². The maximum Gasteiger partial charge on any atom is 0.151 e. The predicted octanol–water partition coefficient (Wildman–Crippen LogP) is 2.01. The topological polar surface area (TPSA) is 47.6 Å². The van der Waals surface area contributed by atoms with Crippen molar-refractivity contribution in [1.82, 2.24) is 0 Å². The molecule has 2 heteroatoms. The number of nitrogens with zero attached hydrogens (tertiary/aromatic N) is 2. The third-order valence-electron chi connectivity index (χ3n) is 1.06. The molecular weight excluding hydrogens is 124 g/mol. The normalized spacial score (nSPS) is 9.60. The summed E-state index contributed by atoms with van der Waals surface area (Å²) in [4.78, 5) is 0. The summed E-state index contributed by atoms with van der Waals surface area (Å²) in [5.41, 5.74) is 0. The molecule has 0 aromatic rings. The summed E-state index contributed by atoms with van der Waals surface area (Å²) in [6.45, 7) is 2.05. The molecule has 10 heavy (non-hydrogen) atoms. The lowest BCUT2D eigenvalue weighted by molar-refractivity contribution is 0.944. The Hall–Kier alpha value is -1.28. The molecule has 52 valence electrons. The van der Waals surface area contributed by atoms with E-state index in [1.54, 1.807) is 6.08 Å². The van der Waals surface area contributed by atoms with Gasteiger partial charge in [0.25, 0.3) is 0 Å². The van der Waals surface area contributed by atoms with Gasteiger partial charge in [0.15, 0.2) is 5.92 Å². The molecule has 0 aliphatic heterocycles. The van der Waals surface area contributed by atoms with Gasteiger partial charge in [-0.15, -0.1) is 0 Å². The number of unbranched alkanes of at least 4 members (excludes halogenated alkanes) is 1. The molecule has 0 saturated carbocycles. The first kappa shape index (κ1) is 8.72. The van der Waals surface area contributed by atoms with E-state index >= 15 is 0 Å². The zero-order valence-electron chi connectivity index (χ0n) is 6.04. The summed E-state index contributed by atoms with van der Waals surface area (Å²) in [5.74, 6) is -0.563. The molecule has 0 bridgehead atoms. The van der Waals surface area contributed by atoms with Crippen LogP contribution in [0.2, 0.25) is 0 Å². The lowest BCUT2D eigenvalue weighted by Crippen LogP contribution is -1.84. The highest BCUT2D eigenvalue weighted by Crippen LogP contribution is 1.96. The van der Waals surface area contributed by atoms with Crippen LogP contribution in [0, 0.1) is 28.6 Å². The van der Waals surface area contributed by atoms with Gasteiger partial charge in [-0.3, -0.25) is 0 Å². The van der Waals surface area contributed by atoms with Crippen LogP contribution in [0.5, 0.6) is 0 Å². The monoisotopic (exact) mass is 134 g/mol. The van der Waals surface area contributed by atoms with Gasteiger partial charge in [-0.2, -0.15) is 10.5 Å². The first-order valence-corrected chi connectivity index (χ1v) is 3.31. The van der Waals surface area contributed by atoms with E-state index in [-0.39, 0.29) is 0 Å². The number of hydrogen-bond acceptors (Lipinski definition) is 2. The van der Waals surface area contributed by atoms with Crippen molar-refractivity contribution in [2.75, 3.05) is 0 Å². The van der Waals surface area contributed by atoms with E-state index in [9.17, 15) is 0 Å². The van der Waals surface area contributed by atoms with Crippen molar-refractivity contribution >= 4 is 0 Å². The quantitative estimate of drug-likeness (QED) is 0.554. The van der Waals surface area contributed by atoms with Gasteiger partial charge in [0.2, 0.25) is 0 Å². The van der Waals surface area contributed by atoms with Crippen LogP contribution in [0.1, 0.15) is 19.8 Å². The van der Waals surface area contributed by atoms with E-state index in [1.807, 2.05) is 18.2 Å². The molecule has 2 nitrogen and oxygen atoms in total. The van der Waals surface area contributed by atoms with Crippen LogP contribution >= 0.6 is 0 Å². The molecule has 0 aliphatic carbocycles. The highest BCUT2D eigenvalue weighted by molar-refractivity contribution is 5.11. The minimum Gasteiger partial charge on any atom is -0.197 e. The molecule has 0 aromatic carbocycles. The predicted molar refractivity (Wildman–Crippen MR) is 38.8 cm³/mol. The molecular formula is C8H10N2. The van der Waals surface area contributed by atoms with Crippen molar-refractivity contribution in [2.45, 2.75) is 19.8 Å². The molecule has 0 aliphatic rings. The lowest BCUT2D eigenvalue weighted by Gasteiger charge is -1.86. The SMILES string of the molecule is CCCC=CC(C#N)C#N. The van der Waals surface area contributed by atoms with Crippen molar-refractivity contribution in [3.8, 4) is 12.1 Å². The summed E-state index contributed by atoms with van der Waals surface area (Å²) in [5, 5.41) is 16.6. The Kier molecular flexibility index (Phi) is 5.10. The fourth-order valence-corrected chi connectivity index (χ4v) is 0.514. The van der Waals surface area contributed by atoms with Gasteiger partial charge in [-0.1, -0.05) is 25.5 Å². The van der Waals surface area contributed by atoms with E-state index in [4.69, 9.17) is 10.5 Å². The standard InChI is InChI=1S/C8H10N2/c1-2-3-4-5-8(6-9)7-10/h4-5,8H,2-3H2,1H3. The van der Waals surface area contributed by atoms with Gasteiger partial charge in [-0.05, 0) is 6.42 Å². The van der Waals surface area contributed by atoms with Crippen molar-refractivity contribution < 1.29 is 0 Å².